The lowest BCUT2D eigenvalue weighted by Crippen LogP contribution is -2.55. The van der Waals surface area contributed by atoms with Gasteiger partial charge in [-0.3, -0.25) is 19.2 Å². The number of unbranched alkanes of at least 4 members (excludes halogenated alkanes) is 2. The number of aliphatic hydroxyl groups is 1. The smallest absolute Gasteiger partial charge is 0.323 e. The van der Waals surface area contributed by atoms with E-state index in [-0.39, 0.29) is 49.3 Å². The summed E-state index contributed by atoms with van der Waals surface area (Å²) in [4.78, 5) is 53.9. The van der Waals surface area contributed by atoms with Crippen LogP contribution in [-0.4, -0.2) is 56.4 Å². The predicted octanol–water partition coefficient (Wildman–Crippen LogP) is 6.56. The van der Waals surface area contributed by atoms with Gasteiger partial charge in [0.25, 0.3) is 0 Å². The highest BCUT2D eigenvalue weighted by Crippen LogP contribution is 2.50. The zero-order valence-electron chi connectivity index (χ0n) is 29.0. The van der Waals surface area contributed by atoms with Gasteiger partial charge in [-0.05, 0) is 49.0 Å². The first-order chi connectivity index (χ1) is 22.1. The van der Waals surface area contributed by atoms with Crippen LogP contribution in [0.25, 0.3) is 0 Å². The second-order valence-electron chi connectivity index (χ2n) is 14.2. The second-order valence-corrected chi connectivity index (χ2v) is 19.0. The maximum atomic E-state index is 14.2. The summed E-state index contributed by atoms with van der Waals surface area (Å²) in [7, 11) is -1.19. The fourth-order valence-electron chi connectivity index (χ4n) is 5.93. The summed E-state index contributed by atoms with van der Waals surface area (Å²) in [5.74, 6) is -4.35. The second kappa shape index (κ2) is 16.7. The Morgan fingerprint density at radius 1 is 0.851 bits per heavy atom. The molecule has 0 saturated heterocycles. The van der Waals surface area contributed by atoms with Gasteiger partial charge in [0.05, 0.1) is 25.2 Å². The molecule has 0 spiro atoms. The van der Waals surface area contributed by atoms with E-state index >= 15 is 0 Å². The minimum atomic E-state index is -2.53. The van der Waals surface area contributed by atoms with E-state index in [1.807, 2.05) is 60.7 Å². The number of ketones is 1. The average Bonchev–Trinajstić information content (AvgIpc) is 3.36. The SMILES string of the molecule is COC(=O)CCCCCC(O)[C@H]1C(=O)C[C@@H](O[Si](C)(C)C(C)(C)C)[C@@H]1C(C)(C(=O)OCc1ccccc1)C(=O)OCc1ccccc1. The molecule has 258 valence electrons. The Bertz CT molecular complexity index is 1280. The summed E-state index contributed by atoms with van der Waals surface area (Å²) >= 11 is 0. The minimum Gasteiger partial charge on any atom is -0.469 e. The van der Waals surface area contributed by atoms with Crippen LogP contribution in [-0.2, 0) is 51.0 Å². The number of carbonyl (C=O) groups is 4. The molecule has 0 aliphatic heterocycles. The molecule has 1 N–H and O–H groups in total. The molecule has 10 heteroatoms. The third-order valence-electron chi connectivity index (χ3n) is 9.78. The van der Waals surface area contributed by atoms with E-state index in [1.165, 1.54) is 14.0 Å². The highest BCUT2D eigenvalue weighted by Gasteiger charge is 2.63. The molecule has 47 heavy (non-hydrogen) atoms. The van der Waals surface area contributed by atoms with Gasteiger partial charge in [0.15, 0.2) is 13.7 Å². The van der Waals surface area contributed by atoms with Crippen molar-refractivity contribution >= 4 is 32.0 Å². The quantitative estimate of drug-likeness (QED) is 0.0696. The van der Waals surface area contributed by atoms with E-state index in [0.29, 0.717) is 19.3 Å². The van der Waals surface area contributed by atoms with E-state index in [1.54, 1.807) is 0 Å². The molecule has 0 amide bonds. The van der Waals surface area contributed by atoms with E-state index in [4.69, 9.17) is 18.6 Å². The third kappa shape index (κ3) is 9.84. The molecule has 1 aliphatic rings. The molecule has 3 rings (SSSR count). The van der Waals surface area contributed by atoms with E-state index < -0.39 is 49.7 Å². The molecule has 1 aliphatic carbocycles. The molecule has 2 aromatic rings. The van der Waals surface area contributed by atoms with Crippen LogP contribution in [0.4, 0.5) is 0 Å². The molecule has 1 saturated carbocycles. The van der Waals surface area contributed by atoms with Crippen LogP contribution in [0.15, 0.2) is 60.7 Å². The van der Waals surface area contributed by atoms with Crippen molar-refractivity contribution in [2.24, 2.45) is 17.3 Å². The first-order valence-electron chi connectivity index (χ1n) is 16.5. The van der Waals surface area contributed by atoms with Gasteiger partial charge in [-0.2, -0.15) is 0 Å². The number of rotatable bonds is 16. The highest BCUT2D eigenvalue weighted by atomic mass is 28.4. The number of esters is 3. The Labute approximate surface area is 280 Å². The number of hydrogen-bond acceptors (Lipinski definition) is 9. The zero-order chi connectivity index (χ0) is 34.8. The van der Waals surface area contributed by atoms with Crippen molar-refractivity contribution in [2.45, 2.75) is 110 Å². The number of carbonyl (C=O) groups excluding carboxylic acids is 4. The molecule has 1 fully saturated rings. The average molecular weight is 669 g/mol. The summed E-state index contributed by atoms with van der Waals surface area (Å²) in [5, 5.41) is 11.4. The highest BCUT2D eigenvalue weighted by molar-refractivity contribution is 6.74. The Hall–Kier alpha value is -3.34. The van der Waals surface area contributed by atoms with Crippen LogP contribution in [0.3, 0.4) is 0 Å². The monoisotopic (exact) mass is 668 g/mol. The summed E-state index contributed by atoms with van der Waals surface area (Å²) in [6.45, 7) is 11.6. The van der Waals surface area contributed by atoms with Crippen molar-refractivity contribution in [1.82, 2.24) is 0 Å². The maximum Gasteiger partial charge on any atom is 0.323 e. The van der Waals surface area contributed by atoms with E-state index in [2.05, 4.69) is 33.9 Å². The Kier molecular flexibility index (Phi) is 13.5. The fourth-order valence-corrected chi connectivity index (χ4v) is 7.27. The molecule has 0 aromatic heterocycles. The van der Waals surface area contributed by atoms with E-state index in [9.17, 15) is 24.3 Å². The van der Waals surface area contributed by atoms with Gasteiger partial charge in [0.1, 0.15) is 19.0 Å². The molecular formula is C37H52O9Si. The summed E-state index contributed by atoms with van der Waals surface area (Å²) in [5.41, 5.74) is -0.499. The fraction of sp³-hybridized carbons (Fsp3) is 0.568. The van der Waals surface area contributed by atoms with Gasteiger partial charge >= 0.3 is 17.9 Å². The van der Waals surface area contributed by atoms with Crippen molar-refractivity contribution in [3.05, 3.63) is 71.8 Å². The Balaban J connectivity index is 2.00. The van der Waals surface area contributed by atoms with Crippen molar-refractivity contribution < 1.29 is 42.9 Å². The van der Waals surface area contributed by atoms with Crippen LogP contribution in [0.2, 0.25) is 18.1 Å². The summed E-state index contributed by atoms with van der Waals surface area (Å²) in [6, 6.07) is 18.3. The van der Waals surface area contributed by atoms with Crippen LogP contribution < -0.4 is 0 Å². The number of hydrogen-bond donors (Lipinski definition) is 1. The van der Waals surface area contributed by atoms with Gasteiger partial charge in [-0.1, -0.05) is 94.3 Å². The Morgan fingerprint density at radius 3 is 1.83 bits per heavy atom. The van der Waals surface area contributed by atoms with Crippen LogP contribution >= 0.6 is 0 Å². The normalized spacial score (nSPS) is 19.2. The molecule has 1 unspecified atom stereocenters. The van der Waals surface area contributed by atoms with E-state index in [0.717, 1.165) is 11.1 Å². The van der Waals surface area contributed by atoms with Gasteiger partial charge in [0, 0.05) is 18.8 Å². The van der Waals surface area contributed by atoms with Crippen molar-refractivity contribution in [3.63, 3.8) is 0 Å². The van der Waals surface area contributed by atoms with Gasteiger partial charge in [-0.15, -0.1) is 0 Å². The largest absolute Gasteiger partial charge is 0.469 e. The first-order valence-corrected chi connectivity index (χ1v) is 19.4. The van der Waals surface area contributed by atoms with Crippen molar-refractivity contribution in [1.29, 1.82) is 0 Å². The predicted molar refractivity (Wildman–Crippen MR) is 180 cm³/mol. The molecule has 0 radical (unpaired) electrons. The van der Waals surface area contributed by atoms with Gasteiger partial charge < -0.3 is 23.7 Å². The number of ether oxygens (including phenoxy) is 3. The molecule has 4 atom stereocenters. The number of Topliss-reactive ketones (excluding diaryl/α,β-unsaturated/α-hetero) is 1. The lowest BCUT2D eigenvalue weighted by molar-refractivity contribution is -0.183. The van der Waals surface area contributed by atoms with Crippen molar-refractivity contribution in [3.8, 4) is 0 Å². The number of aliphatic hydroxyl groups excluding tert-OH is 1. The number of benzene rings is 2. The summed E-state index contributed by atoms with van der Waals surface area (Å²) in [6.07, 6.45) is 0.242. The third-order valence-corrected chi connectivity index (χ3v) is 14.3. The van der Waals surface area contributed by atoms with Crippen LogP contribution in [0, 0.1) is 17.3 Å². The molecule has 0 bridgehead atoms. The molecule has 2 aromatic carbocycles. The lowest BCUT2D eigenvalue weighted by atomic mass is 9.68. The standard InChI is InChI=1S/C37H52O9Si/c1-36(2,3)47(6,7)46-30-23-29(39)32(28(38)21-15-10-16-22-31(40)43-5)33(30)37(4,34(41)44-24-26-17-11-8-12-18-26)35(42)45-25-27-19-13-9-14-20-27/h8-9,11-14,17-20,28,30,32-33,38H,10,15-16,21-25H2,1-7H3/t28?,30-,32+,33+/m1/s1. The zero-order valence-corrected chi connectivity index (χ0v) is 30.0. The van der Waals surface area contributed by atoms with Gasteiger partial charge in [0.2, 0.25) is 0 Å². The maximum absolute atomic E-state index is 14.2. The van der Waals surface area contributed by atoms with Crippen molar-refractivity contribution in [2.75, 3.05) is 7.11 Å². The topological polar surface area (TPSA) is 125 Å². The number of methoxy groups -OCH3 is 1. The lowest BCUT2D eigenvalue weighted by Gasteiger charge is -2.43. The minimum absolute atomic E-state index is 0.0469. The Morgan fingerprint density at radius 2 is 1.36 bits per heavy atom. The van der Waals surface area contributed by atoms with Crippen LogP contribution in [0.1, 0.15) is 77.3 Å². The first kappa shape index (κ1) is 38.1. The van der Waals surface area contributed by atoms with Gasteiger partial charge in [-0.25, -0.2) is 0 Å². The molecule has 9 nitrogen and oxygen atoms in total. The molecule has 0 heterocycles. The van der Waals surface area contributed by atoms with Crippen LogP contribution in [0.5, 0.6) is 0 Å². The summed E-state index contributed by atoms with van der Waals surface area (Å²) < 4.78 is 23.2. The molecular weight excluding hydrogens is 616 g/mol.